The molecule has 0 aliphatic rings. The fourth-order valence-corrected chi connectivity index (χ4v) is 2.66. The molecule has 0 atom stereocenters. The van der Waals surface area contributed by atoms with E-state index in [0.717, 1.165) is 27.2 Å². The van der Waals surface area contributed by atoms with Gasteiger partial charge in [-0.1, -0.05) is 24.3 Å². The standard InChI is InChI=1S/C17H12N2O2/c1-21-17(20)13-6-7-19-16(10-13)14-8-11-4-2-3-5-12(11)9-15(14)18-19/h2-10H,1H3. The van der Waals surface area contributed by atoms with Crippen molar-refractivity contribution in [3.63, 3.8) is 0 Å². The highest BCUT2D eigenvalue weighted by molar-refractivity contribution is 6.04. The van der Waals surface area contributed by atoms with Gasteiger partial charge >= 0.3 is 5.97 Å². The molecule has 4 nitrogen and oxygen atoms in total. The van der Waals surface area contributed by atoms with Crippen molar-refractivity contribution in [3.8, 4) is 0 Å². The maximum absolute atomic E-state index is 11.7. The Hall–Kier alpha value is -2.88. The highest BCUT2D eigenvalue weighted by Gasteiger charge is 2.10. The van der Waals surface area contributed by atoms with E-state index in [1.807, 2.05) is 18.2 Å². The van der Waals surface area contributed by atoms with E-state index < -0.39 is 0 Å². The molecular formula is C17H12N2O2. The maximum atomic E-state index is 11.7. The van der Waals surface area contributed by atoms with E-state index in [1.165, 1.54) is 7.11 Å². The number of rotatable bonds is 1. The van der Waals surface area contributed by atoms with Gasteiger partial charge in [-0.25, -0.2) is 9.31 Å². The van der Waals surface area contributed by atoms with Crippen molar-refractivity contribution >= 4 is 33.2 Å². The molecule has 0 aliphatic heterocycles. The van der Waals surface area contributed by atoms with Gasteiger partial charge in [-0.3, -0.25) is 0 Å². The number of aromatic nitrogens is 2. The largest absolute Gasteiger partial charge is 0.465 e. The number of benzene rings is 2. The number of pyridine rings is 1. The number of fused-ring (bicyclic) bond motifs is 4. The van der Waals surface area contributed by atoms with E-state index in [4.69, 9.17) is 4.74 Å². The first-order valence-corrected chi connectivity index (χ1v) is 6.65. The van der Waals surface area contributed by atoms with Crippen LogP contribution < -0.4 is 0 Å². The number of nitrogens with zero attached hydrogens (tertiary/aromatic N) is 2. The zero-order chi connectivity index (χ0) is 14.4. The van der Waals surface area contributed by atoms with Crippen molar-refractivity contribution < 1.29 is 9.53 Å². The van der Waals surface area contributed by atoms with Crippen LogP contribution >= 0.6 is 0 Å². The lowest BCUT2D eigenvalue weighted by Gasteiger charge is -2.00. The van der Waals surface area contributed by atoms with Gasteiger partial charge in [0.15, 0.2) is 0 Å². The van der Waals surface area contributed by atoms with Gasteiger partial charge in [0.2, 0.25) is 0 Å². The lowest BCUT2D eigenvalue weighted by molar-refractivity contribution is 0.0601. The molecule has 0 spiro atoms. The van der Waals surface area contributed by atoms with Gasteiger partial charge in [0.25, 0.3) is 0 Å². The molecule has 21 heavy (non-hydrogen) atoms. The van der Waals surface area contributed by atoms with Crippen LogP contribution in [0.5, 0.6) is 0 Å². The number of methoxy groups -OCH3 is 1. The summed E-state index contributed by atoms with van der Waals surface area (Å²) in [6.07, 6.45) is 1.78. The van der Waals surface area contributed by atoms with Crippen LogP contribution in [0, 0.1) is 0 Å². The summed E-state index contributed by atoms with van der Waals surface area (Å²) < 4.78 is 6.56. The first kappa shape index (κ1) is 11.9. The van der Waals surface area contributed by atoms with Crippen LogP contribution in [0.25, 0.3) is 27.2 Å². The van der Waals surface area contributed by atoms with E-state index in [-0.39, 0.29) is 5.97 Å². The van der Waals surface area contributed by atoms with Gasteiger partial charge in [-0.2, -0.15) is 5.10 Å². The summed E-state index contributed by atoms with van der Waals surface area (Å²) in [5, 5.41) is 7.89. The van der Waals surface area contributed by atoms with Crippen LogP contribution in [-0.4, -0.2) is 22.7 Å². The number of ether oxygens (including phenoxy) is 1. The molecular weight excluding hydrogens is 264 g/mol. The second kappa shape index (κ2) is 4.31. The Morgan fingerprint density at radius 2 is 1.86 bits per heavy atom. The van der Waals surface area contributed by atoms with E-state index in [9.17, 15) is 4.79 Å². The Balaban J connectivity index is 2.08. The molecule has 0 amide bonds. The second-order valence-electron chi connectivity index (χ2n) is 4.95. The molecule has 0 saturated heterocycles. The number of carbonyl (C=O) groups excluding carboxylic acids is 1. The molecule has 4 aromatic rings. The van der Waals surface area contributed by atoms with E-state index in [1.54, 1.807) is 16.8 Å². The Bertz CT molecular complexity index is 1000. The Kier molecular flexibility index (Phi) is 2.44. The normalized spacial score (nSPS) is 11.3. The van der Waals surface area contributed by atoms with Gasteiger partial charge in [0.1, 0.15) is 0 Å². The van der Waals surface area contributed by atoms with Crippen molar-refractivity contribution in [3.05, 3.63) is 60.3 Å². The quantitative estimate of drug-likeness (QED) is 0.500. The van der Waals surface area contributed by atoms with Gasteiger partial charge < -0.3 is 4.74 Å². The maximum Gasteiger partial charge on any atom is 0.337 e. The fraction of sp³-hybridized carbons (Fsp3) is 0.0588. The van der Waals surface area contributed by atoms with Crippen molar-refractivity contribution in [2.75, 3.05) is 7.11 Å². The van der Waals surface area contributed by atoms with Gasteiger partial charge in [0, 0.05) is 11.6 Å². The zero-order valence-corrected chi connectivity index (χ0v) is 11.4. The molecule has 0 N–H and O–H groups in total. The number of carbonyl (C=O) groups is 1. The van der Waals surface area contributed by atoms with Crippen molar-refractivity contribution in [2.24, 2.45) is 0 Å². The summed E-state index contributed by atoms with van der Waals surface area (Å²) >= 11 is 0. The smallest absolute Gasteiger partial charge is 0.337 e. The van der Waals surface area contributed by atoms with Crippen LogP contribution in [0.2, 0.25) is 0 Å². The van der Waals surface area contributed by atoms with E-state index >= 15 is 0 Å². The summed E-state index contributed by atoms with van der Waals surface area (Å²) in [7, 11) is 1.38. The van der Waals surface area contributed by atoms with Gasteiger partial charge in [-0.05, 0) is 35.0 Å². The van der Waals surface area contributed by atoms with Crippen LogP contribution in [0.4, 0.5) is 0 Å². The Morgan fingerprint density at radius 3 is 2.62 bits per heavy atom. The number of hydrogen-bond acceptors (Lipinski definition) is 3. The van der Waals surface area contributed by atoms with Crippen molar-refractivity contribution in [1.82, 2.24) is 9.61 Å². The van der Waals surface area contributed by atoms with Crippen molar-refractivity contribution in [2.45, 2.75) is 0 Å². The second-order valence-corrected chi connectivity index (χ2v) is 4.95. The first-order valence-electron chi connectivity index (χ1n) is 6.65. The molecule has 2 heterocycles. The lowest BCUT2D eigenvalue weighted by atomic mass is 10.1. The summed E-state index contributed by atoms with van der Waals surface area (Å²) in [5.74, 6) is -0.340. The molecule has 2 aromatic heterocycles. The summed E-state index contributed by atoms with van der Waals surface area (Å²) in [6.45, 7) is 0. The van der Waals surface area contributed by atoms with E-state index in [0.29, 0.717) is 5.56 Å². The molecule has 4 rings (SSSR count). The van der Waals surface area contributed by atoms with Crippen LogP contribution in [-0.2, 0) is 4.74 Å². The van der Waals surface area contributed by atoms with Crippen LogP contribution in [0.3, 0.4) is 0 Å². The molecule has 0 saturated carbocycles. The highest BCUT2D eigenvalue weighted by Crippen LogP contribution is 2.26. The minimum absolute atomic E-state index is 0.340. The third-order valence-corrected chi connectivity index (χ3v) is 3.71. The van der Waals surface area contributed by atoms with Crippen LogP contribution in [0.15, 0.2) is 54.7 Å². The molecule has 0 bridgehead atoms. The molecule has 2 aromatic carbocycles. The van der Waals surface area contributed by atoms with E-state index in [2.05, 4.69) is 29.4 Å². The van der Waals surface area contributed by atoms with Crippen LogP contribution in [0.1, 0.15) is 10.4 Å². The SMILES string of the molecule is COC(=O)c1ccn2nc3cc4ccccc4cc3c2c1. The number of hydrogen-bond donors (Lipinski definition) is 0. The Labute approximate surface area is 120 Å². The molecule has 0 radical (unpaired) electrons. The minimum Gasteiger partial charge on any atom is -0.465 e. The predicted molar refractivity (Wildman–Crippen MR) is 81.5 cm³/mol. The summed E-state index contributed by atoms with van der Waals surface area (Å²) in [5.41, 5.74) is 2.34. The molecule has 4 heteroatoms. The molecule has 102 valence electrons. The molecule has 0 aliphatic carbocycles. The molecule has 0 fully saturated rings. The Morgan fingerprint density at radius 1 is 1.10 bits per heavy atom. The van der Waals surface area contributed by atoms with Gasteiger partial charge in [-0.15, -0.1) is 0 Å². The average Bonchev–Trinajstić information content (AvgIpc) is 2.88. The number of esters is 1. The zero-order valence-electron chi connectivity index (χ0n) is 11.4. The lowest BCUT2D eigenvalue weighted by Crippen LogP contribution is -2.01. The molecule has 0 unspecified atom stereocenters. The van der Waals surface area contributed by atoms with Gasteiger partial charge in [0.05, 0.1) is 23.7 Å². The average molecular weight is 276 g/mol. The highest BCUT2D eigenvalue weighted by atomic mass is 16.5. The van der Waals surface area contributed by atoms with Crippen molar-refractivity contribution in [1.29, 1.82) is 0 Å². The summed E-state index contributed by atoms with van der Waals surface area (Å²) in [6, 6.07) is 15.9. The first-order chi connectivity index (χ1) is 10.3. The predicted octanol–water partition coefficient (Wildman–Crippen LogP) is 3.43. The fourth-order valence-electron chi connectivity index (χ4n) is 2.66. The minimum atomic E-state index is -0.340. The summed E-state index contributed by atoms with van der Waals surface area (Å²) in [4.78, 5) is 11.7. The topological polar surface area (TPSA) is 43.6 Å². The monoisotopic (exact) mass is 276 g/mol. The third-order valence-electron chi connectivity index (χ3n) is 3.71. The third kappa shape index (κ3) is 1.76.